The van der Waals surface area contributed by atoms with Gasteiger partial charge in [-0.25, -0.2) is 0 Å². The fourth-order valence-electron chi connectivity index (χ4n) is 2.55. The van der Waals surface area contributed by atoms with Gasteiger partial charge in [0.25, 0.3) is 0 Å². The van der Waals surface area contributed by atoms with Gasteiger partial charge in [-0.2, -0.15) is 0 Å². The van der Waals surface area contributed by atoms with Crippen molar-refractivity contribution in [3.63, 3.8) is 0 Å². The summed E-state index contributed by atoms with van der Waals surface area (Å²) in [7, 11) is 0. The minimum Gasteiger partial charge on any atom is -0.396 e. The van der Waals surface area contributed by atoms with E-state index in [2.05, 4.69) is 36.5 Å². The van der Waals surface area contributed by atoms with E-state index in [-0.39, 0.29) is 6.61 Å². The Hall–Kier alpha value is -0.860. The third-order valence-electron chi connectivity index (χ3n) is 3.42. The molecule has 0 saturated carbocycles. The standard InChI is InChI=1S/C14H21NO/c1-11(9-10-16)15-14-8-4-6-12-5-2-3-7-13(12)14/h2-3,5,7,11,14-16H,4,6,8-10H2,1H3. The molecule has 2 unspecified atom stereocenters. The molecule has 0 heterocycles. The van der Waals surface area contributed by atoms with Crippen molar-refractivity contribution in [3.8, 4) is 0 Å². The molecule has 0 aromatic heterocycles. The van der Waals surface area contributed by atoms with Crippen molar-refractivity contribution in [1.82, 2.24) is 5.32 Å². The lowest BCUT2D eigenvalue weighted by Gasteiger charge is -2.29. The molecule has 0 spiro atoms. The maximum Gasteiger partial charge on any atom is 0.0445 e. The number of nitrogens with one attached hydrogen (secondary N) is 1. The molecule has 0 radical (unpaired) electrons. The van der Waals surface area contributed by atoms with Crippen molar-refractivity contribution in [2.45, 2.75) is 44.7 Å². The van der Waals surface area contributed by atoms with Crippen molar-refractivity contribution in [2.24, 2.45) is 0 Å². The van der Waals surface area contributed by atoms with Crippen molar-refractivity contribution in [3.05, 3.63) is 35.4 Å². The fraction of sp³-hybridized carbons (Fsp3) is 0.571. The van der Waals surface area contributed by atoms with Crippen LogP contribution in [-0.4, -0.2) is 17.8 Å². The number of benzene rings is 1. The van der Waals surface area contributed by atoms with Gasteiger partial charge in [-0.05, 0) is 43.7 Å². The molecule has 88 valence electrons. The summed E-state index contributed by atoms with van der Waals surface area (Å²) in [4.78, 5) is 0. The first-order chi connectivity index (χ1) is 7.81. The lowest BCUT2D eigenvalue weighted by molar-refractivity contribution is 0.260. The number of aliphatic hydroxyl groups excluding tert-OH is 1. The van der Waals surface area contributed by atoms with Crippen LogP contribution in [0, 0.1) is 0 Å². The van der Waals surface area contributed by atoms with E-state index >= 15 is 0 Å². The van der Waals surface area contributed by atoms with Gasteiger partial charge in [-0.1, -0.05) is 24.3 Å². The van der Waals surface area contributed by atoms with Gasteiger partial charge in [0.2, 0.25) is 0 Å². The number of hydrogen-bond acceptors (Lipinski definition) is 2. The average molecular weight is 219 g/mol. The van der Waals surface area contributed by atoms with Crippen LogP contribution in [0.4, 0.5) is 0 Å². The Kier molecular flexibility index (Phi) is 3.97. The van der Waals surface area contributed by atoms with Crippen LogP contribution in [0.2, 0.25) is 0 Å². The highest BCUT2D eigenvalue weighted by Gasteiger charge is 2.20. The molecule has 2 N–H and O–H groups in total. The Bertz CT molecular complexity index is 337. The highest BCUT2D eigenvalue weighted by Crippen LogP contribution is 2.29. The summed E-state index contributed by atoms with van der Waals surface area (Å²) in [6.45, 7) is 2.41. The van der Waals surface area contributed by atoms with Crippen LogP contribution in [-0.2, 0) is 6.42 Å². The van der Waals surface area contributed by atoms with Crippen molar-refractivity contribution < 1.29 is 5.11 Å². The Balaban J connectivity index is 2.07. The van der Waals surface area contributed by atoms with Gasteiger partial charge >= 0.3 is 0 Å². The van der Waals surface area contributed by atoms with Crippen LogP contribution in [0.5, 0.6) is 0 Å². The molecule has 1 aromatic rings. The molecular weight excluding hydrogens is 198 g/mol. The van der Waals surface area contributed by atoms with E-state index in [4.69, 9.17) is 5.11 Å². The molecule has 1 aliphatic rings. The lowest BCUT2D eigenvalue weighted by Crippen LogP contribution is -2.33. The Morgan fingerprint density at radius 1 is 1.44 bits per heavy atom. The maximum absolute atomic E-state index is 8.92. The molecule has 2 rings (SSSR count). The number of aliphatic hydroxyl groups is 1. The van der Waals surface area contributed by atoms with Crippen molar-refractivity contribution >= 4 is 0 Å². The fourth-order valence-corrected chi connectivity index (χ4v) is 2.55. The predicted octanol–water partition coefficient (Wildman–Crippen LogP) is 2.42. The first-order valence-electron chi connectivity index (χ1n) is 6.26. The minimum absolute atomic E-state index is 0.266. The molecule has 1 aliphatic carbocycles. The number of rotatable bonds is 4. The van der Waals surface area contributed by atoms with E-state index in [9.17, 15) is 0 Å². The molecule has 1 aromatic carbocycles. The number of fused-ring (bicyclic) bond motifs is 1. The molecule has 0 aliphatic heterocycles. The number of aryl methyl sites for hydroxylation is 1. The minimum atomic E-state index is 0.266. The van der Waals surface area contributed by atoms with Gasteiger partial charge in [0.15, 0.2) is 0 Å². The molecule has 16 heavy (non-hydrogen) atoms. The first kappa shape index (κ1) is 11.6. The van der Waals surface area contributed by atoms with E-state index in [1.807, 2.05) is 0 Å². The van der Waals surface area contributed by atoms with Crippen LogP contribution in [0.15, 0.2) is 24.3 Å². The molecule has 0 fully saturated rings. The van der Waals surface area contributed by atoms with E-state index < -0.39 is 0 Å². The van der Waals surface area contributed by atoms with Crippen molar-refractivity contribution in [1.29, 1.82) is 0 Å². The summed E-state index contributed by atoms with van der Waals surface area (Å²) in [5.74, 6) is 0. The molecule has 2 atom stereocenters. The molecule has 2 nitrogen and oxygen atoms in total. The zero-order chi connectivity index (χ0) is 11.4. The molecule has 0 bridgehead atoms. The molecule has 2 heteroatoms. The highest BCUT2D eigenvalue weighted by molar-refractivity contribution is 5.32. The smallest absolute Gasteiger partial charge is 0.0445 e. The van der Waals surface area contributed by atoms with E-state index in [1.54, 1.807) is 0 Å². The molecule has 0 saturated heterocycles. The number of hydrogen-bond donors (Lipinski definition) is 2. The predicted molar refractivity (Wildman–Crippen MR) is 66.4 cm³/mol. The monoisotopic (exact) mass is 219 g/mol. The largest absolute Gasteiger partial charge is 0.396 e. The van der Waals surface area contributed by atoms with Gasteiger partial charge < -0.3 is 10.4 Å². The van der Waals surface area contributed by atoms with Gasteiger partial charge in [0, 0.05) is 18.7 Å². The summed E-state index contributed by atoms with van der Waals surface area (Å²) in [5.41, 5.74) is 2.95. The van der Waals surface area contributed by atoms with Crippen LogP contribution < -0.4 is 5.32 Å². The van der Waals surface area contributed by atoms with E-state index in [0.29, 0.717) is 12.1 Å². The second-order valence-corrected chi connectivity index (χ2v) is 4.72. The summed E-state index contributed by atoms with van der Waals surface area (Å²) in [5, 5.41) is 12.5. The quantitative estimate of drug-likeness (QED) is 0.815. The third-order valence-corrected chi connectivity index (χ3v) is 3.42. The highest BCUT2D eigenvalue weighted by atomic mass is 16.3. The Labute approximate surface area is 97.7 Å². The zero-order valence-electron chi connectivity index (χ0n) is 9.95. The molecular formula is C14H21NO. The lowest BCUT2D eigenvalue weighted by atomic mass is 9.87. The van der Waals surface area contributed by atoms with Crippen LogP contribution >= 0.6 is 0 Å². The zero-order valence-corrected chi connectivity index (χ0v) is 9.95. The van der Waals surface area contributed by atoms with Gasteiger partial charge in [0.1, 0.15) is 0 Å². The molecule has 0 amide bonds. The van der Waals surface area contributed by atoms with Crippen LogP contribution in [0.1, 0.15) is 43.4 Å². The average Bonchev–Trinajstić information content (AvgIpc) is 2.30. The van der Waals surface area contributed by atoms with E-state index in [1.165, 1.54) is 30.4 Å². The maximum atomic E-state index is 8.92. The second-order valence-electron chi connectivity index (χ2n) is 4.72. The summed E-state index contributed by atoms with van der Waals surface area (Å²) < 4.78 is 0. The normalized spacial score (nSPS) is 21.5. The third kappa shape index (κ3) is 2.63. The van der Waals surface area contributed by atoms with Crippen LogP contribution in [0.3, 0.4) is 0 Å². The van der Waals surface area contributed by atoms with E-state index in [0.717, 1.165) is 6.42 Å². The Morgan fingerprint density at radius 3 is 3.06 bits per heavy atom. The summed E-state index contributed by atoms with van der Waals surface area (Å²) >= 11 is 0. The first-order valence-corrected chi connectivity index (χ1v) is 6.26. The Morgan fingerprint density at radius 2 is 2.25 bits per heavy atom. The van der Waals surface area contributed by atoms with Crippen LogP contribution in [0.25, 0.3) is 0 Å². The second kappa shape index (κ2) is 5.46. The van der Waals surface area contributed by atoms with Gasteiger partial charge in [-0.3, -0.25) is 0 Å². The van der Waals surface area contributed by atoms with Gasteiger partial charge in [0.05, 0.1) is 0 Å². The van der Waals surface area contributed by atoms with Crippen molar-refractivity contribution in [2.75, 3.05) is 6.61 Å². The van der Waals surface area contributed by atoms with Gasteiger partial charge in [-0.15, -0.1) is 0 Å². The topological polar surface area (TPSA) is 32.3 Å². The summed E-state index contributed by atoms with van der Waals surface area (Å²) in [6.07, 6.45) is 4.52. The SMILES string of the molecule is CC(CCO)NC1CCCc2ccccc21. The summed E-state index contributed by atoms with van der Waals surface area (Å²) in [6, 6.07) is 9.58.